The van der Waals surface area contributed by atoms with Crippen molar-refractivity contribution in [2.24, 2.45) is 0 Å². The smallest absolute Gasteiger partial charge is 0.237 e. The molecule has 13 rings (SSSR count). The first-order chi connectivity index (χ1) is 34.1. The van der Waals surface area contributed by atoms with Gasteiger partial charge in [0.1, 0.15) is 6.07 Å². The second kappa shape index (κ2) is 14.6. The van der Waals surface area contributed by atoms with Crippen LogP contribution in [0, 0.1) is 64.4 Å². The van der Waals surface area contributed by atoms with Crippen LogP contribution in [0.25, 0.3) is 115 Å². The second-order valence-corrected chi connectivity index (χ2v) is 16.7. The predicted octanol–water partition coefficient (Wildman–Crippen LogP) is 15.6. The van der Waals surface area contributed by atoms with Gasteiger partial charge in [0, 0.05) is 32.3 Å². The Morgan fingerprint density at radius 1 is 0.343 bits per heavy atom. The summed E-state index contributed by atoms with van der Waals surface area (Å²) in [6.45, 7) is 9.20. The van der Waals surface area contributed by atoms with Crippen LogP contribution in [0.15, 0.2) is 146 Å². The molecule has 0 unspecified atom stereocenters. The van der Waals surface area contributed by atoms with Crippen molar-refractivity contribution in [3.05, 3.63) is 209 Å². The number of para-hydroxylation sites is 6. The fourth-order valence-corrected chi connectivity index (χ4v) is 10.7. The zero-order chi connectivity index (χ0) is 48.0. The van der Waals surface area contributed by atoms with E-state index in [1.807, 2.05) is 89.5 Å². The van der Waals surface area contributed by atoms with Gasteiger partial charge in [-0.05, 0) is 36.4 Å². The molecule has 0 amide bonds. The summed E-state index contributed by atoms with van der Waals surface area (Å²) in [4.78, 5) is 4.05. The first kappa shape index (κ1) is 40.8. The van der Waals surface area contributed by atoms with E-state index in [1.54, 1.807) is 69.8 Å². The summed E-state index contributed by atoms with van der Waals surface area (Å²) in [7, 11) is 0. The van der Waals surface area contributed by atoms with Gasteiger partial charge < -0.3 is 18.3 Å². The maximum absolute atomic E-state index is 17.0. The average Bonchev–Trinajstić information content (AvgIpc) is 4.13. The predicted molar refractivity (Wildman–Crippen MR) is 254 cm³/mol. The highest BCUT2D eigenvalue weighted by molar-refractivity contribution is 6.17. The van der Waals surface area contributed by atoms with Gasteiger partial charge in [-0.25, -0.2) is 40.0 Å². The number of rotatable bonds is 4. The lowest BCUT2D eigenvalue weighted by molar-refractivity contribution is 0.416. The van der Waals surface area contributed by atoms with Gasteiger partial charge in [0.2, 0.25) is 5.69 Å². The number of nitriles is 1. The molecule has 0 bridgehead atoms. The largest absolute Gasteiger partial charge is 0.317 e. The maximum atomic E-state index is 17.0. The number of aromatic nitrogens is 4. The lowest BCUT2D eigenvalue weighted by Gasteiger charge is -2.27. The average molecular weight is 933 g/mol. The zero-order valence-corrected chi connectivity index (χ0v) is 35.6. The van der Waals surface area contributed by atoms with Crippen LogP contribution in [-0.2, 0) is 0 Å². The fraction of sp³-hybridized carbons (Fsp3) is 0. The molecular weight excluding hydrogens is 909 g/mol. The number of hydrogen-bond donors (Lipinski definition) is 0. The first-order valence-corrected chi connectivity index (χ1v) is 21.6. The molecule has 0 aliphatic heterocycles. The normalized spacial score (nSPS) is 12.0. The van der Waals surface area contributed by atoms with Crippen LogP contribution in [0.1, 0.15) is 5.56 Å². The van der Waals surface area contributed by atoms with E-state index in [0.29, 0.717) is 59.2 Å². The fourth-order valence-electron chi connectivity index (χ4n) is 10.7. The number of fused-ring (bicyclic) bond motifs is 12. The van der Waals surface area contributed by atoms with Crippen molar-refractivity contribution in [2.75, 3.05) is 0 Å². The van der Waals surface area contributed by atoms with Gasteiger partial charge in [0.25, 0.3) is 0 Å². The molecule has 6 nitrogen and oxygen atoms in total. The Labute approximate surface area is 388 Å². The molecule has 0 saturated heterocycles. The van der Waals surface area contributed by atoms with Gasteiger partial charge in [-0.2, -0.15) is 5.26 Å². The van der Waals surface area contributed by atoms with Crippen molar-refractivity contribution in [1.29, 1.82) is 5.26 Å². The monoisotopic (exact) mass is 932 g/mol. The van der Waals surface area contributed by atoms with Gasteiger partial charge >= 0.3 is 0 Å². The van der Waals surface area contributed by atoms with Gasteiger partial charge in [0.15, 0.2) is 46.5 Å². The molecular formula is C56H24F8N6. The molecule has 0 fully saturated rings. The summed E-state index contributed by atoms with van der Waals surface area (Å²) in [5.74, 6) is -18.8. The van der Waals surface area contributed by atoms with Crippen molar-refractivity contribution in [1.82, 2.24) is 18.3 Å². The van der Waals surface area contributed by atoms with Crippen molar-refractivity contribution in [2.45, 2.75) is 0 Å². The lowest BCUT2D eigenvalue weighted by Crippen LogP contribution is -2.15. The van der Waals surface area contributed by atoms with Gasteiger partial charge in [0.05, 0.1) is 89.8 Å². The SMILES string of the molecule is [C-]#[N+]c1c(-n2c3ccccc3c3ccccc32)c(-n2c3ccccc3c3ccccc32)c(-n2c3ccccc3c3ccccc32)c(C#N)c1-n1c2c(F)c(F)c(F)c(F)c2c2c(F)c(F)c(F)c(F)c21. The van der Waals surface area contributed by atoms with E-state index in [4.69, 9.17) is 0 Å². The molecule has 70 heavy (non-hydrogen) atoms. The highest BCUT2D eigenvalue weighted by Crippen LogP contribution is 2.53. The zero-order valence-electron chi connectivity index (χ0n) is 35.6. The van der Waals surface area contributed by atoms with Crippen molar-refractivity contribution >= 4 is 92.9 Å². The van der Waals surface area contributed by atoms with Crippen LogP contribution in [0.3, 0.4) is 0 Å². The molecule has 0 aliphatic rings. The number of nitrogens with zero attached hydrogens (tertiary/aromatic N) is 6. The molecule has 9 aromatic carbocycles. The third kappa shape index (κ3) is 5.03. The summed E-state index contributed by atoms with van der Waals surface area (Å²) in [6, 6.07) is 45.7. The van der Waals surface area contributed by atoms with Crippen LogP contribution in [0.2, 0.25) is 0 Å². The number of benzene rings is 9. The van der Waals surface area contributed by atoms with Crippen molar-refractivity contribution in [3.63, 3.8) is 0 Å². The highest BCUT2D eigenvalue weighted by atomic mass is 19.2. The summed E-state index contributed by atoms with van der Waals surface area (Å²) >= 11 is 0. The van der Waals surface area contributed by atoms with Crippen LogP contribution < -0.4 is 0 Å². The highest BCUT2D eigenvalue weighted by Gasteiger charge is 2.39. The number of hydrogen-bond acceptors (Lipinski definition) is 1. The van der Waals surface area contributed by atoms with Gasteiger partial charge in [-0.3, -0.25) is 0 Å². The Balaban J connectivity index is 1.43. The quantitative estimate of drug-likeness (QED) is 0.0751. The van der Waals surface area contributed by atoms with Crippen LogP contribution >= 0.6 is 0 Å². The molecule has 334 valence electrons. The Morgan fingerprint density at radius 2 is 0.629 bits per heavy atom. The molecule has 0 aliphatic carbocycles. The Kier molecular flexibility index (Phi) is 8.49. The summed E-state index contributed by atoms with van der Waals surface area (Å²) in [5.41, 5.74) is -1.80. The Bertz CT molecular complexity index is 4230. The third-order valence-corrected chi connectivity index (χ3v) is 13.4. The minimum atomic E-state index is -2.46. The molecule has 14 heteroatoms. The topological polar surface area (TPSA) is 47.9 Å². The Hall–Kier alpha value is -9.40. The molecule has 4 heterocycles. The molecule has 0 spiro atoms. The molecule has 0 N–H and O–H groups in total. The van der Waals surface area contributed by atoms with E-state index < -0.39 is 85.3 Å². The van der Waals surface area contributed by atoms with Crippen LogP contribution in [0.4, 0.5) is 40.8 Å². The lowest BCUT2D eigenvalue weighted by atomic mass is 10.0. The van der Waals surface area contributed by atoms with Crippen LogP contribution in [0.5, 0.6) is 0 Å². The molecule has 13 aromatic rings. The Morgan fingerprint density at radius 3 is 0.943 bits per heavy atom. The number of halogens is 8. The summed E-state index contributed by atoms with van der Waals surface area (Å²) < 4.78 is 135. The van der Waals surface area contributed by atoms with E-state index in [9.17, 15) is 11.8 Å². The van der Waals surface area contributed by atoms with Crippen molar-refractivity contribution in [3.8, 4) is 28.8 Å². The second-order valence-electron chi connectivity index (χ2n) is 16.7. The van der Waals surface area contributed by atoms with E-state index in [1.165, 1.54) is 0 Å². The maximum Gasteiger partial charge on any atom is 0.237 e. The van der Waals surface area contributed by atoms with E-state index in [0.717, 1.165) is 10.8 Å². The third-order valence-electron chi connectivity index (χ3n) is 13.4. The van der Waals surface area contributed by atoms with Gasteiger partial charge in [-0.15, -0.1) is 0 Å². The van der Waals surface area contributed by atoms with Crippen molar-refractivity contribution < 1.29 is 35.1 Å². The van der Waals surface area contributed by atoms with Gasteiger partial charge in [-0.1, -0.05) is 109 Å². The summed E-state index contributed by atoms with van der Waals surface area (Å²) in [6.07, 6.45) is 0. The van der Waals surface area contributed by atoms with E-state index in [-0.39, 0.29) is 17.1 Å². The molecule has 0 atom stereocenters. The molecule has 0 radical (unpaired) electrons. The minimum absolute atomic E-state index is 0.0624. The standard InChI is InChI=1S/C56H24F8N6/c1-66-50-51(70-53-40(42(57)44(59)46(61)48(53)63)41-43(58)45(60)47(62)49(64)54(41)70)33(26-65)52(67-34-20-8-2-14-27(34)28-15-3-9-21-35(28)67)56(69-38-24-12-6-18-31(38)32-19-7-13-25-39(32)69)55(50)68-36-22-10-4-16-29(36)30-17-5-11-23-37(30)68/h2-25H. The molecule has 4 aromatic heterocycles. The molecule has 0 saturated carbocycles. The first-order valence-electron chi connectivity index (χ1n) is 21.6. The van der Waals surface area contributed by atoms with E-state index in [2.05, 4.69) is 10.9 Å². The summed E-state index contributed by atoms with van der Waals surface area (Å²) in [5, 5.41) is 13.2. The van der Waals surface area contributed by atoms with Crippen LogP contribution in [-0.4, -0.2) is 18.3 Å². The minimum Gasteiger partial charge on any atom is -0.317 e. The van der Waals surface area contributed by atoms with E-state index >= 15 is 35.1 Å².